The average Bonchev–Trinajstić information content (AvgIpc) is 2.68. The van der Waals surface area contributed by atoms with E-state index in [0.717, 1.165) is 21.0 Å². The lowest BCUT2D eigenvalue weighted by atomic mass is 10.1. The zero-order valence-electron chi connectivity index (χ0n) is 16.7. The van der Waals surface area contributed by atoms with E-state index in [9.17, 15) is 13.2 Å². The fourth-order valence-electron chi connectivity index (χ4n) is 3.16. The lowest BCUT2D eigenvalue weighted by Gasteiger charge is -2.25. The van der Waals surface area contributed by atoms with Crippen LogP contribution in [0.5, 0.6) is 0 Å². The van der Waals surface area contributed by atoms with Gasteiger partial charge in [-0.2, -0.15) is 0 Å². The summed E-state index contributed by atoms with van der Waals surface area (Å²) in [5.41, 5.74) is 3.88. The molecule has 0 aliphatic rings. The van der Waals surface area contributed by atoms with Crippen LogP contribution in [0.4, 0.5) is 11.4 Å². The van der Waals surface area contributed by atoms with Gasteiger partial charge in [-0.25, -0.2) is 8.42 Å². The molecule has 0 fully saturated rings. The summed E-state index contributed by atoms with van der Waals surface area (Å²) in [5, 5.41) is 2.82. The second-order valence-corrected chi connectivity index (χ2v) is 8.90. The van der Waals surface area contributed by atoms with Crippen LogP contribution in [-0.4, -0.2) is 20.9 Å². The first-order chi connectivity index (χ1) is 13.8. The molecule has 0 saturated heterocycles. The van der Waals surface area contributed by atoms with Crippen LogP contribution < -0.4 is 9.62 Å². The van der Waals surface area contributed by atoms with Crippen LogP contribution >= 0.6 is 0 Å². The van der Waals surface area contributed by atoms with E-state index < -0.39 is 15.9 Å². The highest BCUT2D eigenvalue weighted by molar-refractivity contribution is 7.92. The summed E-state index contributed by atoms with van der Waals surface area (Å²) in [6, 6.07) is 21.0. The second-order valence-electron chi connectivity index (χ2n) is 7.03. The topological polar surface area (TPSA) is 66.5 Å². The Balaban J connectivity index is 1.99. The number of sulfonamides is 1. The van der Waals surface area contributed by atoms with Gasteiger partial charge in [0, 0.05) is 5.69 Å². The Hall–Kier alpha value is -3.12. The molecule has 0 unspecified atom stereocenters. The zero-order valence-corrected chi connectivity index (χ0v) is 17.5. The molecular weight excluding hydrogens is 384 g/mol. The smallest absolute Gasteiger partial charge is 0.264 e. The molecule has 150 valence electrons. The Morgan fingerprint density at radius 1 is 0.862 bits per heavy atom. The van der Waals surface area contributed by atoms with Gasteiger partial charge >= 0.3 is 0 Å². The molecular formula is C23H24N2O3S. The van der Waals surface area contributed by atoms with Crippen LogP contribution in [0, 0.1) is 20.8 Å². The van der Waals surface area contributed by atoms with Crippen LogP contribution in [0.3, 0.4) is 0 Å². The number of amides is 1. The molecule has 6 heteroatoms. The lowest BCUT2D eigenvalue weighted by Crippen LogP contribution is -2.38. The van der Waals surface area contributed by atoms with E-state index in [1.807, 2.05) is 45.0 Å². The van der Waals surface area contributed by atoms with E-state index in [-0.39, 0.29) is 11.4 Å². The van der Waals surface area contributed by atoms with E-state index >= 15 is 0 Å². The Morgan fingerprint density at radius 3 is 2.07 bits per heavy atom. The Labute approximate surface area is 172 Å². The van der Waals surface area contributed by atoms with E-state index in [0.29, 0.717) is 11.4 Å². The maximum Gasteiger partial charge on any atom is 0.264 e. The molecule has 29 heavy (non-hydrogen) atoms. The number of benzene rings is 3. The third-order valence-electron chi connectivity index (χ3n) is 4.53. The molecule has 1 N–H and O–H groups in total. The van der Waals surface area contributed by atoms with Gasteiger partial charge in [0.05, 0.1) is 10.6 Å². The van der Waals surface area contributed by atoms with Crippen molar-refractivity contribution in [2.45, 2.75) is 25.7 Å². The fraction of sp³-hybridized carbons (Fsp3) is 0.174. The summed E-state index contributed by atoms with van der Waals surface area (Å²) < 4.78 is 27.9. The summed E-state index contributed by atoms with van der Waals surface area (Å²) in [4.78, 5) is 12.9. The third kappa shape index (κ3) is 4.84. The molecule has 3 aromatic rings. The number of aryl methyl sites for hydroxylation is 3. The average molecular weight is 409 g/mol. The molecule has 0 aromatic heterocycles. The first kappa shape index (κ1) is 20.6. The Morgan fingerprint density at radius 2 is 1.45 bits per heavy atom. The molecule has 0 atom stereocenters. The van der Waals surface area contributed by atoms with Gasteiger partial charge in [-0.05, 0) is 67.8 Å². The van der Waals surface area contributed by atoms with Crippen molar-refractivity contribution in [3.8, 4) is 0 Å². The van der Waals surface area contributed by atoms with Crippen molar-refractivity contribution >= 4 is 27.3 Å². The van der Waals surface area contributed by atoms with Gasteiger partial charge in [0.2, 0.25) is 5.91 Å². The number of rotatable bonds is 6. The predicted octanol–water partition coefficient (Wildman–Crippen LogP) is 4.45. The van der Waals surface area contributed by atoms with Crippen molar-refractivity contribution < 1.29 is 13.2 Å². The largest absolute Gasteiger partial charge is 0.324 e. The summed E-state index contributed by atoms with van der Waals surface area (Å²) >= 11 is 0. The minimum atomic E-state index is -3.91. The maximum absolute atomic E-state index is 13.4. The van der Waals surface area contributed by atoms with E-state index in [1.165, 1.54) is 12.1 Å². The molecule has 3 rings (SSSR count). The molecule has 0 spiro atoms. The lowest BCUT2D eigenvalue weighted by molar-refractivity contribution is -0.114. The van der Waals surface area contributed by atoms with E-state index in [4.69, 9.17) is 0 Å². The third-order valence-corrected chi connectivity index (χ3v) is 6.32. The molecule has 5 nitrogen and oxygen atoms in total. The summed E-state index contributed by atoms with van der Waals surface area (Å²) in [7, 11) is -3.91. The minimum Gasteiger partial charge on any atom is -0.324 e. The van der Waals surface area contributed by atoms with Crippen molar-refractivity contribution in [3.63, 3.8) is 0 Å². The predicted molar refractivity (Wildman–Crippen MR) is 117 cm³/mol. The number of hydrogen-bond acceptors (Lipinski definition) is 3. The van der Waals surface area contributed by atoms with E-state index in [2.05, 4.69) is 5.32 Å². The fourth-order valence-corrected chi connectivity index (χ4v) is 4.59. The molecule has 0 aliphatic carbocycles. The molecule has 0 bridgehead atoms. The van der Waals surface area contributed by atoms with Crippen LogP contribution in [-0.2, 0) is 14.8 Å². The molecule has 0 aliphatic heterocycles. The Bertz CT molecular complexity index is 1110. The number of carbonyl (C=O) groups is 1. The molecule has 0 heterocycles. The van der Waals surface area contributed by atoms with E-state index in [1.54, 1.807) is 36.4 Å². The molecule has 3 aromatic carbocycles. The van der Waals surface area contributed by atoms with Gasteiger partial charge in [0.1, 0.15) is 6.54 Å². The Kier molecular flexibility index (Phi) is 6.03. The highest BCUT2D eigenvalue weighted by Crippen LogP contribution is 2.26. The van der Waals surface area contributed by atoms with Crippen molar-refractivity contribution in [2.24, 2.45) is 0 Å². The molecule has 0 saturated carbocycles. The van der Waals surface area contributed by atoms with Gasteiger partial charge in [0.15, 0.2) is 0 Å². The van der Waals surface area contributed by atoms with Crippen LogP contribution in [0.15, 0.2) is 77.7 Å². The van der Waals surface area contributed by atoms with Crippen molar-refractivity contribution in [1.29, 1.82) is 0 Å². The highest BCUT2D eigenvalue weighted by Gasteiger charge is 2.27. The monoisotopic (exact) mass is 408 g/mol. The van der Waals surface area contributed by atoms with Crippen molar-refractivity contribution in [3.05, 3.63) is 89.5 Å². The minimum absolute atomic E-state index is 0.142. The van der Waals surface area contributed by atoms with Gasteiger partial charge in [-0.15, -0.1) is 0 Å². The van der Waals surface area contributed by atoms with Gasteiger partial charge < -0.3 is 5.32 Å². The van der Waals surface area contributed by atoms with Gasteiger partial charge in [-0.3, -0.25) is 9.10 Å². The second kappa shape index (κ2) is 8.49. The highest BCUT2D eigenvalue weighted by atomic mass is 32.2. The number of nitrogens with one attached hydrogen (secondary N) is 1. The molecule has 1 amide bonds. The number of nitrogens with zero attached hydrogens (tertiary/aromatic N) is 1. The number of carbonyl (C=O) groups excluding carboxylic acids is 1. The first-order valence-corrected chi connectivity index (χ1v) is 10.7. The van der Waals surface area contributed by atoms with Gasteiger partial charge in [-0.1, -0.05) is 42.5 Å². The van der Waals surface area contributed by atoms with Crippen molar-refractivity contribution in [1.82, 2.24) is 0 Å². The summed E-state index contributed by atoms with van der Waals surface area (Å²) in [6.07, 6.45) is 0. The standard InChI is InChI=1S/C23H24N2O3S/c1-17-13-18(2)15-20(14-17)25(29(27,28)21-10-5-4-6-11-21)16-23(26)24-22-12-8-7-9-19(22)3/h4-15H,16H2,1-3H3,(H,24,26). The van der Waals surface area contributed by atoms with Crippen LogP contribution in [0.2, 0.25) is 0 Å². The summed E-state index contributed by atoms with van der Waals surface area (Å²) in [6.45, 7) is 5.36. The van der Waals surface area contributed by atoms with Crippen LogP contribution in [0.25, 0.3) is 0 Å². The maximum atomic E-state index is 13.4. The summed E-state index contributed by atoms with van der Waals surface area (Å²) in [5.74, 6) is -0.405. The molecule has 0 radical (unpaired) electrons. The van der Waals surface area contributed by atoms with Gasteiger partial charge in [0.25, 0.3) is 10.0 Å². The number of anilines is 2. The number of hydrogen-bond donors (Lipinski definition) is 1. The normalized spacial score (nSPS) is 11.1. The number of para-hydroxylation sites is 1. The SMILES string of the molecule is Cc1cc(C)cc(N(CC(=O)Nc2ccccc2C)S(=O)(=O)c2ccccc2)c1. The first-order valence-electron chi connectivity index (χ1n) is 9.29. The van der Waals surface area contributed by atoms with Crippen molar-refractivity contribution in [2.75, 3.05) is 16.2 Å². The zero-order chi connectivity index (χ0) is 21.0. The quantitative estimate of drug-likeness (QED) is 0.655. The van der Waals surface area contributed by atoms with Crippen LogP contribution in [0.1, 0.15) is 16.7 Å².